The Labute approximate surface area is 175 Å². The molecule has 2 aliphatic heterocycles. The normalized spacial score (nSPS) is 36.5. The minimum atomic E-state index is -0.740. The summed E-state index contributed by atoms with van der Waals surface area (Å²) < 4.78 is 11.9. The lowest BCUT2D eigenvalue weighted by Crippen LogP contribution is -2.76. The minimum Gasteiger partial charge on any atom is -0.497 e. The van der Waals surface area contributed by atoms with Gasteiger partial charge in [0.2, 0.25) is 0 Å². The maximum atomic E-state index is 12.3. The van der Waals surface area contributed by atoms with Crippen LogP contribution in [0.15, 0.2) is 18.2 Å². The van der Waals surface area contributed by atoms with E-state index in [1.165, 1.54) is 30.4 Å². The topological polar surface area (TPSA) is 41.9 Å². The first kappa shape index (κ1) is 20.5. The molecule has 0 unspecified atom stereocenters. The van der Waals surface area contributed by atoms with Crippen molar-refractivity contribution in [1.82, 2.24) is 4.90 Å². The molecule has 5 heteroatoms. The first-order valence-electron chi connectivity index (χ1n) is 10.6. The Bertz CT molecular complexity index is 749. The van der Waals surface area contributed by atoms with E-state index in [0.29, 0.717) is 13.0 Å². The van der Waals surface area contributed by atoms with Crippen LogP contribution < -0.4 is 4.74 Å². The van der Waals surface area contributed by atoms with Gasteiger partial charge in [-0.3, -0.25) is 4.90 Å². The Balaban J connectivity index is 0.00000192. The highest BCUT2D eigenvalue weighted by molar-refractivity contribution is 5.85. The third-order valence-electron chi connectivity index (χ3n) is 8.01. The summed E-state index contributed by atoms with van der Waals surface area (Å²) in [6, 6.07) is 6.64. The summed E-state index contributed by atoms with van der Waals surface area (Å²) in [7, 11) is 1.72. The number of likely N-dealkylation sites (tertiary alicyclic amines) is 1. The zero-order chi connectivity index (χ0) is 18.9. The van der Waals surface area contributed by atoms with Crippen LogP contribution >= 0.6 is 12.4 Å². The van der Waals surface area contributed by atoms with E-state index in [1.807, 2.05) is 0 Å². The molecule has 1 saturated carbocycles. The van der Waals surface area contributed by atoms with Crippen molar-refractivity contribution in [3.63, 3.8) is 0 Å². The maximum absolute atomic E-state index is 12.3. The van der Waals surface area contributed by atoms with Crippen LogP contribution in [0, 0.1) is 5.92 Å². The number of hydrogen-bond acceptors (Lipinski definition) is 4. The van der Waals surface area contributed by atoms with E-state index in [0.717, 1.165) is 37.6 Å². The summed E-state index contributed by atoms with van der Waals surface area (Å²) in [6.45, 7) is 7.07. The Hall–Kier alpha value is -0.810. The number of hydrogen-bond donors (Lipinski definition) is 1. The number of nitrogens with zero attached hydrogens (tertiary/aromatic N) is 1. The van der Waals surface area contributed by atoms with Gasteiger partial charge in [0, 0.05) is 19.0 Å². The van der Waals surface area contributed by atoms with Gasteiger partial charge >= 0.3 is 0 Å². The number of fused-ring (bicyclic) bond motifs is 1. The van der Waals surface area contributed by atoms with Crippen LogP contribution in [-0.2, 0) is 16.6 Å². The molecule has 4 aliphatic rings. The van der Waals surface area contributed by atoms with E-state index in [9.17, 15) is 5.11 Å². The van der Waals surface area contributed by atoms with Crippen LogP contribution in [0.3, 0.4) is 0 Å². The Morgan fingerprint density at radius 1 is 1.29 bits per heavy atom. The Morgan fingerprint density at radius 3 is 2.75 bits per heavy atom. The molecule has 5 rings (SSSR count). The first-order chi connectivity index (χ1) is 12.9. The molecular weight excluding hydrogens is 374 g/mol. The van der Waals surface area contributed by atoms with Crippen molar-refractivity contribution in [2.45, 2.75) is 75.0 Å². The summed E-state index contributed by atoms with van der Waals surface area (Å²) >= 11 is 0. The number of methoxy groups -OCH3 is 1. The highest BCUT2D eigenvalue weighted by atomic mass is 35.5. The number of rotatable bonds is 3. The van der Waals surface area contributed by atoms with Crippen LogP contribution in [0.5, 0.6) is 5.75 Å². The Morgan fingerprint density at radius 2 is 2.07 bits per heavy atom. The molecule has 156 valence electrons. The lowest BCUT2D eigenvalue weighted by Gasteiger charge is -2.66. The van der Waals surface area contributed by atoms with Gasteiger partial charge in [0.1, 0.15) is 5.75 Å². The second kappa shape index (κ2) is 6.87. The molecule has 3 fully saturated rings. The summed E-state index contributed by atoms with van der Waals surface area (Å²) in [6.07, 6.45) is 6.68. The number of aliphatic hydroxyl groups is 1. The van der Waals surface area contributed by atoms with Crippen molar-refractivity contribution in [1.29, 1.82) is 0 Å². The third-order valence-corrected chi connectivity index (χ3v) is 8.01. The van der Waals surface area contributed by atoms with Gasteiger partial charge in [-0.05, 0) is 75.3 Å². The van der Waals surface area contributed by atoms with E-state index in [4.69, 9.17) is 9.47 Å². The van der Waals surface area contributed by atoms with Crippen LogP contribution in [-0.4, -0.2) is 54.1 Å². The number of halogens is 1. The van der Waals surface area contributed by atoms with Gasteiger partial charge in [0.15, 0.2) is 0 Å². The monoisotopic (exact) mass is 407 g/mol. The molecule has 1 N–H and O–H groups in total. The molecule has 1 aromatic rings. The van der Waals surface area contributed by atoms with Crippen molar-refractivity contribution in [2.24, 2.45) is 5.92 Å². The Kier molecular flexibility index (Phi) is 5.02. The molecule has 2 heterocycles. The van der Waals surface area contributed by atoms with E-state index < -0.39 is 5.60 Å². The third kappa shape index (κ3) is 2.83. The molecule has 2 bridgehead atoms. The molecule has 0 spiro atoms. The van der Waals surface area contributed by atoms with Gasteiger partial charge < -0.3 is 14.6 Å². The number of benzene rings is 1. The average molecular weight is 408 g/mol. The van der Waals surface area contributed by atoms with Crippen LogP contribution in [0.2, 0.25) is 0 Å². The zero-order valence-corrected chi connectivity index (χ0v) is 18.2. The smallest absolute Gasteiger partial charge is 0.119 e. The molecule has 2 aliphatic carbocycles. The summed E-state index contributed by atoms with van der Waals surface area (Å²) in [4.78, 5) is 2.62. The van der Waals surface area contributed by atoms with Crippen LogP contribution in [0.1, 0.15) is 57.1 Å². The fourth-order valence-corrected chi connectivity index (χ4v) is 6.31. The van der Waals surface area contributed by atoms with E-state index in [1.54, 1.807) is 7.11 Å². The lowest BCUT2D eigenvalue weighted by atomic mass is 9.51. The van der Waals surface area contributed by atoms with Crippen molar-refractivity contribution in [3.8, 4) is 5.75 Å². The van der Waals surface area contributed by atoms with Gasteiger partial charge in [-0.25, -0.2) is 0 Å². The first-order valence-corrected chi connectivity index (χ1v) is 10.6. The molecule has 0 amide bonds. The second-order valence-electron chi connectivity index (χ2n) is 10.0. The lowest BCUT2D eigenvalue weighted by molar-refractivity contribution is -0.245. The van der Waals surface area contributed by atoms with Gasteiger partial charge in [-0.15, -0.1) is 12.4 Å². The molecule has 0 radical (unpaired) electrons. The number of piperidine rings is 1. The SMILES string of the molecule is COc1ccc2c(c1)[C@]13CCN(CC4CCC4)[C@H](C2)[C@]1(O)CC(C)(C)OC3.Cl. The summed E-state index contributed by atoms with van der Waals surface area (Å²) in [5, 5.41) is 12.3. The average Bonchev–Trinajstić information content (AvgIpc) is 2.58. The molecule has 1 aromatic carbocycles. The quantitative estimate of drug-likeness (QED) is 0.829. The minimum absolute atomic E-state index is 0. The molecule has 3 atom stereocenters. The van der Waals surface area contributed by atoms with Crippen molar-refractivity contribution in [3.05, 3.63) is 29.3 Å². The van der Waals surface area contributed by atoms with Gasteiger partial charge in [-0.2, -0.15) is 0 Å². The van der Waals surface area contributed by atoms with Gasteiger partial charge in [0.25, 0.3) is 0 Å². The van der Waals surface area contributed by atoms with Crippen molar-refractivity contribution < 1.29 is 14.6 Å². The van der Waals surface area contributed by atoms with E-state index in [2.05, 4.69) is 36.9 Å². The fourth-order valence-electron chi connectivity index (χ4n) is 6.31. The second-order valence-corrected chi connectivity index (χ2v) is 10.0. The molecule has 2 saturated heterocycles. The van der Waals surface area contributed by atoms with Gasteiger partial charge in [-0.1, -0.05) is 12.5 Å². The summed E-state index contributed by atoms with van der Waals surface area (Å²) in [5.41, 5.74) is 1.29. The fraction of sp³-hybridized carbons (Fsp3) is 0.739. The maximum Gasteiger partial charge on any atom is 0.119 e. The largest absolute Gasteiger partial charge is 0.497 e. The predicted molar refractivity (Wildman–Crippen MR) is 113 cm³/mol. The van der Waals surface area contributed by atoms with E-state index in [-0.39, 0.29) is 29.5 Å². The standard InChI is InChI=1S/C23H33NO3.ClH/c1-21(2)14-23(25)20-11-17-7-8-18(26-3)12-19(17)22(23,15-27-21)9-10-24(20)13-16-5-4-6-16;/h7-8,12,16,20,25H,4-6,9-11,13-15H2,1-3H3;1H/t20-,22-,23-;/m1./s1. The molecular formula is C23H34ClNO3. The van der Waals surface area contributed by atoms with Crippen molar-refractivity contribution >= 4 is 12.4 Å². The van der Waals surface area contributed by atoms with Crippen molar-refractivity contribution in [2.75, 3.05) is 26.8 Å². The van der Waals surface area contributed by atoms with Gasteiger partial charge in [0.05, 0.1) is 30.3 Å². The van der Waals surface area contributed by atoms with E-state index >= 15 is 0 Å². The molecule has 0 aromatic heterocycles. The highest BCUT2D eigenvalue weighted by Gasteiger charge is 2.66. The summed E-state index contributed by atoms with van der Waals surface area (Å²) in [5.74, 6) is 1.71. The van der Waals surface area contributed by atoms with Crippen LogP contribution in [0.4, 0.5) is 0 Å². The number of ether oxygens (including phenoxy) is 2. The predicted octanol–water partition coefficient (Wildman–Crippen LogP) is 3.72. The molecule has 28 heavy (non-hydrogen) atoms. The molecule has 4 nitrogen and oxygen atoms in total. The van der Waals surface area contributed by atoms with Crippen LogP contribution in [0.25, 0.3) is 0 Å². The zero-order valence-electron chi connectivity index (χ0n) is 17.4. The highest BCUT2D eigenvalue weighted by Crippen LogP contribution is 2.58.